The molecular weight excluding hydrogens is 271 g/mol. The minimum absolute atomic E-state index is 0.0727. The maximum atomic E-state index is 6.06. The highest BCUT2D eigenvalue weighted by molar-refractivity contribution is 6.36. The van der Waals surface area contributed by atoms with Crippen molar-refractivity contribution in [3.05, 3.63) is 34.1 Å². The minimum Gasteiger partial charge on any atom is -0.322 e. The summed E-state index contributed by atoms with van der Waals surface area (Å²) in [5.41, 5.74) is 0.650. The predicted molar refractivity (Wildman–Crippen MR) is 74.8 cm³/mol. The van der Waals surface area contributed by atoms with E-state index in [0.717, 1.165) is 11.5 Å². The number of rotatable bonds is 2. The van der Waals surface area contributed by atoms with Crippen LogP contribution in [0.2, 0.25) is 10.0 Å². The second-order valence-electron chi connectivity index (χ2n) is 5.01. The number of aromatic nitrogens is 3. The molecule has 0 amide bonds. The number of halogens is 2. The quantitative estimate of drug-likeness (QED) is 0.871. The van der Waals surface area contributed by atoms with Crippen LogP contribution in [0.3, 0.4) is 0 Å². The van der Waals surface area contributed by atoms with E-state index in [1.165, 1.54) is 0 Å². The smallest absolute Gasteiger partial charge is 0.246 e. The lowest BCUT2D eigenvalue weighted by molar-refractivity contribution is 0.548. The molecule has 0 saturated carbocycles. The number of nitrogens with one attached hydrogen (secondary N) is 2. The van der Waals surface area contributed by atoms with Crippen molar-refractivity contribution in [1.29, 1.82) is 0 Å². The van der Waals surface area contributed by atoms with Gasteiger partial charge < -0.3 is 5.32 Å². The van der Waals surface area contributed by atoms with Crippen LogP contribution in [0.25, 0.3) is 0 Å². The van der Waals surface area contributed by atoms with Crippen molar-refractivity contribution in [3.63, 3.8) is 0 Å². The maximum Gasteiger partial charge on any atom is 0.246 e. The van der Waals surface area contributed by atoms with Gasteiger partial charge in [-0.05, 0) is 18.2 Å². The molecule has 0 bridgehead atoms. The van der Waals surface area contributed by atoms with E-state index in [1.807, 2.05) is 0 Å². The molecule has 1 aromatic heterocycles. The summed E-state index contributed by atoms with van der Waals surface area (Å²) in [6, 6.07) is 5.22. The van der Waals surface area contributed by atoms with Gasteiger partial charge in [-0.15, -0.1) is 5.10 Å². The molecule has 0 atom stereocenters. The molecule has 2 N–H and O–H groups in total. The van der Waals surface area contributed by atoms with Gasteiger partial charge in [0.05, 0.1) is 10.7 Å². The number of anilines is 2. The summed E-state index contributed by atoms with van der Waals surface area (Å²) in [7, 11) is 0. The van der Waals surface area contributed by atoms with Crippen LogP contribution >= 0.6 is 23.2 Å². The normalized spacial score (nSPS) is 11.6. The van der Waals surface area contributed by atoms with Crippen molar-refractivity contribution < 1.29 is 0 Å². The average Bonchev–Trinajstić information content (AvgIpc) is 2.70. The summed E-state index contributed by atoms with van der Waals surface area (Å²) in [6.45, 7) is 6.19. The second-order valence-corrected chi connectivity index (χ2v) is 5.85. The van der Waals surface area contributed by atoms with Crippen molar-refractivity contribution in [2.45, 2.75) is 26.2 Å². The van der Waals surface area contributed by atoms with Gasteiger partial charge >= 0.3 is 0 Å². The van der Waals surface area contributed by atoms with Gasteiger partial charge in [-0.25, -0.2) is 0 Å². The van der Waals surface area contributed by atoms with Crippen molar-refractivity contribution in [2.75, 3.05) is 5.32 Å². The van der Waals surface area contributed by atoms with Gasteiger partial charge in [0.2, 0.25) is 5.95 Å². The van der Waals surface area contributed by atoms with Gasteiger partial charge in [0.15, 0.2) is 0 Å². The number of H-pyrrole nitrogens is 1. The number of hydrogen-bond acceptors (Lipinski definition) is 3. The van der Waals surface area contributed by atoms with Gasteiger partial charge in [0.25, 0.3) is 0 Å². The maximum absolute atomic E-state index is 6.06. The Labute approximate surface area is 116 Å². The lowest BCUT2D eigenvalue weighted by Gasteiger charge is -2.12. The molecule has 1 heterocycles. The number of aromatic amines is 1. The monoisotopic (exact) mass is 284 g/mol. The molecule has 4 nitrogen and oxygen atoms in total. The fraction of sp³-hybridized carbons (Fsp3) is 0.333. The van der Waals surface area contributed by atoms with E-state index >= 15 is 0 Å². The molecule has 0 saturated heterocycles. The van der Waals surface area contributed by atoms with Crippen LogP contribution in [-0.4, -0.2) is 15.2 Å². The average molecular weight is 285 g/mol. The van der Waals surface area contributed by atoms with Gasteiger partial charge in [-0.2, -0.15) is 4.98 Å². The van der Waals surface area contributed by atoms with Gasteiger partial charge in [0.1, 0.15) is 5.82 Å². The van der Waals surface area contributed by atoms with Crippen molar-refractivity contribution >= 4 is 34.8 Å². The Hall–Kier alpha value is -1.26. The summed E-state index contributed by atoms with van der Waals surface area (Å²) in [5, 5.41) is 11.2. The first kappa shape index (κ1) is 13.2. The van der Waals surface area contributed by atoms with E-state index in [4.69, 9.17) is 23.2 Å². The Morgan fingerprint density at radius 1 is 1.22 bits per heavy atom. The Morgan fingerprint density at radius 2 is 1.94 bits per heavy atom. The highest BCUT2D eigenvalue weighted by Gasteiger charge is 2.18. The first-order valence-corrected chi connectivity index (χ1v) is 6.27. The van der Waals surface area contributed by atoms with Crippen LogP contribution in [0, 0.1) is 0 Å². The summed E-state index contributed by atoms with van der Waals surface area (Å²) in [4.78, 5) is 4.37. The summed E-state index contributed by atoms with van der Waals surface area (Å²) in [5.74, 6) is 1.30. The molecule has 96 valence electrons. The van der Waals surface area contributed by atoms with Gasteiger partial charge in [0, 0.05) is 10.4 Å². The van der Waals surface area contributed by atoms with Crippen LogP contribution in [-0.2, 0) is 5.41 Å². The fourth-order valence-corrected chi connectivity index (χ4v) is 1.82. The first-order valence-electron chi connectivity index (χ1n) is 5.51. The lowest BCUT2D eigenvalue weighted by atomic mass is 9.96. The van der Waals surface area contributed by atoms with Crippen LogP contribution < -0.4 is 5.32 Å². The van der Waals surface area contributed by atoms with Crippen molar-refractivity contribution in [3.8, 4) is 0 Å². The van der Waals surface area contributed by atoms with Crippen molar-refractivity contribution in [1.82, 2.24) is 15.2 Å². The molecule has 0 aliphatic heterocycles. The predicted octanol–water partition coefficient (Wildman–Crippen LogP) is 4.15. The third-order valence-electron chi connectivity index (χ3n) is 2.37. The number of nitrogens with zero attached hydrogens (tertiary/aromatic N) is 2. The van der Waals surface area contributed by atoms with Crippen LogP contribution in [0.1, 0.15) is 26.6 Å². The van der Waals surface area contributed by atoms with Gasteiger partial charge in [-0.3, -0.25) is 5.10 Å². The fourth-order valence-electron chi connectivity index (χ4n) is 1.36. The number of benzene rings is 1. The van der Waals surface area contributed by atoms with Crippen LogP contribution in [0.15, 0.2) is 18.2 Å². The van der Waals surface area contributed by atoms with Crippen LogP contribution in [0.5, 0.6) is 0 Å². The summed E-state index contributed by atoms with van der Waals surface area (Å²) >= 11 is 11.9. The largest absolute Gasteiger partial charge is 0.322 e. The van der Waals surface area contributed by atoms with Crippen LogP contribution in [0.4, 0.5) is 11.6 Å². The zero-order chi connectivity index (χ0) is 13.3. The van der Waals surface area contributed by atoms with E-state index in [-0.39, 0.29) is 5.41 Å². The van der Waals surface area contributed by atoms with E-state index in [9.17, 15) is 0 Å². The molecule has 18 heavy (non-hydrogen) atoms. The zero-order valence-electron chi connectivity index (χ0n) is 10.4. The lowest BCUT2D eigenvalue weighted by Crippen LogP contribution is -2.13. The second kappa shape index (κ2) is 4.78. The third-order valence-corrected chi connectivity index (χ3v) is 2.92. The third kappa shape index (κ3) is 2.94. The molecule has 0 radical (unpaired) electrons. The zero-order valence-corrected chi connectivity index (χ0v) is 11.9. The molecule has 0 spiro atoms. The van der Waals surface area contributed by atoms with E-state index in [2.05, 4.69) is 41.3 Å². The van der Waals surface area contributed by atoms with E-state index in [0.29, 0.717) is 16.0 Å². The standard InChI is InChI=1S/C12H14Cl2N4/c1-12(2,3)10-16-11(18-17-10)15-9-5-4-7(13)6-8(9)14/h4-6H,1-3H3,(H2,15,16,17,18). The molecule has 0 fully saturated rings. The first-order chi connectivity index (χ1) is 8.36. The SMILES string of the molecule is CC(C)(C)c1nc(Nc2ccc(Cl)cc2Cl)n[nH]1. The summed E-state index contributed by atoms with van der Waals surface area (Å²) < 4.78 is 0. The van der Waals surface area contributed by atoms with Crippen molar-refractivity contribution in [2.24, 2.45) is 0 Å². The molecule has 0 unspecified atom stereocenters. The molecule has 2 rings (SSSR count). The summed E-state index contributed by atoms with van der Waals surface area (Å²) in [6.07, 6.45) is 0. The van der Waals surface area contributed by atoms with Gasteiger partial charge in [-0.1, -0.05) is 44.0 Å². The molecule has 2 aromatic rings. The Kier molecular flexibility index (Phi) is 3.50. The van der Waals surface area contributed by atoms with E-state index in [1.54, 1.807) is 18.2 Å². The topological polar surface area (TPSA) is 53.6 Å². The molecule has 0 aliphatic carbocycles. The molecular formula is C12H14Cl2N4. The Bertz CT molecular complexity index is 557. The Morgan fingerprint density at radius 3 is 2.50 bits per heavy atom. The highest BCUT2D eigenvalue weighted by Crippen LogP contribution is 2.27. The number of hydrogen-bond donors (Lipinski definition) is 2. The molecule has 0 aliphatic rings. The highest BCUT2D eigenvalue weighted by atomic mass is 35.5. The van der Waals surface area contributed by atoms with E-state index < -0.39 is 0 Å². The minimum atomic E-state index is -0.0727. The Balaban J connectivity index is 2.21. The molecule has 1 aromatic carbocycles. The molecule has 6 heteroatoms.